The van der Waals surface area contributed by atoms with Gasteiger partial charge in [0.25, 0.3) is 0 Å². The maximum Gasteiger partial charge on any atom is 0.200 e. The van der Waals surface area contributed by atoms with Crippen LogP contribution in [0.25, 0.3) is 0 Å². The third kappa shape index (κ3) is 5.19. The van der Waals surface area contributed by atoms with E-state index in [1.807, 2.05) is 0 Å². The van der Waals surface area contributed by atoms with Crippen LogP contribution < -0.4 is 10.6 Å². The van der Waals surface area contributed by atoms with Crippen molar-refractivity contribution in [1.29, 1.82) is 0 Å². The van der Waals surface area contributed by atoms with E-state index in [0.717, 1.165) is 6.29 Å². The fourth-order valence-corrected chi connectivity index (χ4v) is 1.82. The number of benzene rings is 2. The van der Waals surface area contributed by atoms with Gasteiger partial charge in [-0.3, -0.25) is 0 Å². The second kappa shape index (κ2) is 8.65. The Hall–Kier alpha value is -2.73. The van der Waals surface area contributed by atoms with Gasteiger partial charge in [0.1, 0.15) is 17.8 Å². The summed E-state index contributed by atoms with van der Waals surface area (Å²) >= 11 is 5.83. The SMILES string of the molecule is N/N=C(\N=NCCC=O)c1ccc(Oc2ccc(Cl)cc2)cc1. The Balaban J connectivity index is 2.04. The van der Waals surface area contributed by atoms with Crippen molar-refractivity contribution in [3.05, 3.63) is 59.1 Å². The van der Waals surface area contributed by atoms with Gasteiger partial charge in [0, 0.05) is 17.0 Å². The lowest BCUT2D eigenvalue weighted by molar-refractivity contribution is -0.107. The van der Waals surface area contributed by atoms with Gasteiger partial charge in [0.05, 0.1) is 6.54 Å². The van der Waals surface area contributed by atoms with E-state index in [4.69, 9.17) is 22.2 Å². The van der Waals surface area contributed by atoms with Crippen molar-refractivity contribution in [2.45, 2.75) is 6.42 Å². The van der Waals surface area contributed by atoms with Gasteiger partial charge in [-0.1, -0.05) is 11.6 Å². The minimum atomic E-state index is 0.286. The van der Waals surface area contributed by atoms with Crippen LogP contribution in [-0.4, -0.2) is 18.7 Å². The molecular formula is C16H15ClN4O2. The zero-order valence-electron chi connectivity index (χ0n) is 12.2. The van der Waals surface area contributed by atoms with E-state index in [9.17, 15) is 4.79 Å². The molecular weight excluding hydrogens is 316 g/mol. The summed E-state index contributed by atoms with van der Waals surface area (Å²) in [5.41, 5.74) is 0.700. The lowest BCUT2D eigenvalue weighted by Gasteiger charge is -2.06. The molecule has 0 radical (unpaired) electrons. The molecule has 2 N–H and O–H groups in total. The van der Waals surface area contributed by atoms with E-state index in [1.165, 1.54) is 0 Å². The van der Waals surface area contributed by atoms with Gasteiger partial charge >= 0.3 is 0 Å². The molecule has 2 aromatic rings. The molecule has 0 atom stereocenters. The molecule has 0 aliphatic rings. The van der Waals surface area contributed by atoms with Crippen molar-refractivity contribution < 1.29 is 9.53 Å². The van der Waals surface area contributed by atoms with E-state index in [1.54, 1.807) is 48.5 Å². The van der Waals surface area contributed by atoms with Crippen LogP contribution in [0.15, 0.2) is 63.9 Å². The molecule has 0 spiro atoms. The van der Waals surface area contributed by atoms with Gasteiger partial charge < -0.3 is 15.4 Å². The zero-order chi connectivity index (χ0) is 16.5. The summed E-state index contributed by atoms with van der Waals surface area (Å²) in [6.07, 6.45) is 1.09. The van der Waals surface area contributed by atoms with Gasteiger partial charge in [0.2, 0.25) is 0 Å². The largest absolute Gasteiger partial charge is 0.457 e. The highest BCUT2D eigenvalue weighted by Crippen LogP contribution is 2.23. The zero-order valence-corrected chi connectivity index (χ0v) is 13.0. The van der Waals surface area contributed by atoms with Crippen molar-refractivity contribution in [3.8, 4) is 11.5 Å². The highest BCUT2D eigenvalue weighted by molar-refractivity contribution is 6.30. The number of azo groups is 1. The molecule has 0 fully saturated rings. The minimum Gasteiger partial charge on any atom is -0.457 e. The standard InChI is InChI=1S/C16H15ClN4O2/c17-13-4-8-15(9-5-13)23-14-6-2-12(3-7-14)16(20-18)21-19-10-1-11-22/h2-9,11H,1,10,18H2/b20-16-,21-19?. The Kier molecular flexibility index (Phi) is 6.26. The molecule has 23 heavy (non-hydrogen) atoms. The summed E-state index contributed by atoms with van der Waals surface area (Å²) in [6.45, 7) is 0.306. The number of hydrogen-bond donors (Lipinski definition) is 1. The number of carbonyl (C=O) groups excluding carboxylic acids is 1. The monoisotopic (exact) mass is 330 g/mol. The minimum absolute atomic E-state index is 0.286. The van der Waals surface area contributed by atoms with Crippen molar-refractivity contribution in [3.63, 3.8) is 0 Å². The molecule has 0 aliphatic heterocycles. The third-order valence-electron chi connectivity index (χ3n) is 2.80. The van der Waals surface area contributed by atoms with Gasteiger partial charge in [-0.15, -0.1) is 5.11 Å². The molecule has 0 saturated heterocycles. The quantitative estimate of drug-likeness (QED) is 0.166. The fourth-order valence-electron chi connectivity index (χ4n) is 1.70. The summed E-state index contributed by atoms with van der Waals surface area (Å²) in [7, 11) is 0. The number of nitrogens with zero attached hydrogens (tertiary/aromatic N) is 3. The highest BCUT2D eigenvalue weighted by Gasteiger charge is 2.03. The van der Waals surface area contributed by atoms with Gasteiger partial charge in [-0.2, -0.15) is 10.2 Å². The lowest BCUT2D eigenvalue weighted by atomic mass is 10.2. The van der Waals surface area contributed by atoms with Crippen molar-refractivity contribution in [1.82, 2.24) is 0 Å². The van der Waals surface area contributed by atoms with E-state index < -0.39 is 0 Å². The van der Waals surface area contributed by atoms with Crippen LogP contribution in [0, 0.1) is 0 Å². The summed E-state index contributed by atoms with van der Waals surface area (Å²) in [5, 5.41) is 12.0. The molecule has 2 aromatic carbocycles. The normalized spacial score (nSPS) is 11.6. The first-order chi connectivity index (χ1) is 11.2. The topological polar surface area (TPSA) is 89.4 Å². The predicted octanol–water partition coefficient (Wildman–Crippen LogP) is 3.79. The second-order valence-electron chi connectivity index (χ2n) is 4.45. The summed E-state index contributed by atoms with van der Waals surface area (Å²) < 4.78 is 5.69. The molecule has 0 unspecified atom stereocenters. The van der Waals surface area contributed by atoms with Crippen LogP contribution in [0.3, 0.4) is 0 Å². The average molecular weight is 331 g/mol. The molecule has 0 heterocycles. The van der Waals surface area contributed by atoms with Crippen LogP contribution in [-0.2, 0) is 4.79 Å². The first-order valence-electron chi connectivity index (χ1n) is 6.86. The molecule has 6 nitrogen and oxygen atoms in total. The number of hydrazone groups is 1. The molecule has 0 aliphatic carbocycles. The number of aldehydes is 1. The van der Waals surface area contributed by atoms with Crippen molar-refractivity contribution in [2.75, 3.05) is 6.54 Å². The number of carbonyl (C=O) groups is 1. The average Bonchev–Trinajstić information content (AvgIpc) is 2.58. The van der Waals surface area contributed by atoms with Crippen LogP contribution in [0.4, 0.5) is 0 Å². The first kappa shape index (κ1) is 16.6. The first-order valence-corrected chi connectivity index (χ1v) is 7.23. The molecule has 0 aromatic heterocycles. The van der Waals surface area contributed by atoms with E-state index in [0.29, 0.717) is 35.1 Å². The number of hydrogen-bond acceptors (Lipinski definition) is 5. The molecule has 7 heteroatoms. The van der Waals surface area contributed by atoms with Crippen molar-refractivity contribution in [2.24, 2.45) is 21.2 Å². The number of nitrogens with two attached hydrogens (primary N) is 1. The lowest BCUT2D eigenvalue weighted by Crippen LogP contribution is -2.00. The molecule has 118 valence electrons. The van der Waals surface area contributed by atoms with Crippen LogP contribution >= 0.6 is 11.6 Å². The van der Waals surface area contributed by atoms with Crippen LogP contribution in [0.2, 0.25) is 5.02 Å². The summed E-state index contributed by atoms with van der Waals surface area (Å²) in [5.74, 6) is 6.94. The van der Waals surface area contributed by atoms with Gasteiger partial charge in [0.15, 0.2) is 5.84 Å². The molecule has 2 rings (SSSR count). The summed E-state index contributed by atoms with van der Waals surface area (Å²) in [6, 6.07) is 14.2. The van der Waals surface area contributed by atoms with Gasteiger partial charge in [-0.25, -0.2) is 0 Å². The highest BCUT2D eigenvalue weighted by atomic mass is 35.5. The smallest absolute Gasteiger partial charge is 0.200 e. The van der Waals surface area contributed by atoms with Gasteiger partial charge in [-0.05, 0) is 48.5 Å². The predicted molar refractivity (Wildman–Crippen MR) is 89.1 cm³/mol. The summed E-state index contributed by atoms with van der Waals surface area (Å²) in [4.78, 5) is 10.2. The van der Waals surface area contributed by atoms with Crippen molar-refractivity contribution >= 4 is 23.7 Å². The number of halogens is 1. The number of amidine groups is 1. The van der Waals surface area contributed by atoms with E-state index >= 15 is 0 Å². The van der Waals surface area contributed by atoms with E-state index in [2.05, 4.69) is 15.3 Å². The number of rotatable bonds is 6. The molecule has 0 saturated carbocycles. The Morgan fingerprint density at radius 1 is 1.09 bits per heavy atom. The molecule has 0 amide bonds. The maximum absolute atomic E-state index is 10.2. The Labute approximate surface area is 138 Å². The number of ether oxygens (including phenoxy) is 1. The second-order valence-corrected chi connectivity index (χ2v) is 4.89. The van der Waals surface area contributed by atoms with Crippen LogP contribution in [0.5, 0.6) is 11.5 Å². The molecule has 0 bridgehead atoms. The third-order valence-corrected chi connectivity index (χ3v) is 3.05. The fraction of sp³-hybridized carbons (Fsp3) is 0.125. The Bertz CT molecular complexity index is 697. The Morgan fingerprint density at radius 2 is 1.70 bits per heavy atom. The van der Waals surface area contributed by atoms with Crippen LogP contribution in [0.1, 0.15) is 12.0 Å². The maximum atomic E-state index is 10.2. The Morgan fingerprint density at radius 3 is 2.26 bits per heavy atom. The van der Waals surface area contributed by atoms with E-state index in [-0.39, 0.29) is 5.84 Å².